The molecule has 2 amide bonds. The number of hydrogen-bond donors (Lipinski definition) is 1. The molecular weight excluding hydrogens is 192 g/mol. The molecule has 86 valence electrons. The summed E-state index contributed by atoms with van der Waals surface area (Å²) in [6, 6.07) is -0.107. The second kappa shape index (κ2) is 5.14. The van der Waals surface area contributed by atoms with E-state index in [1.165, 1.54) is 0 Å². The van der Waals surface area contributed by atoms with E-state index >= 15 is 0 Å². The van der Waals surface area contributed by atoms with E-state index in [0.717, 1.165) is 12.8 Å². The zero-order chi connectivity index (χ0) is 11.4. The van der Waals surface area contributed by atoms with Gasteiger partial charge in [-0.05, 0) is 19.3 Å². The third kappa shape index (κ3) is 2.49. The zero-order valence-corrected chi connectivity index (χ0v) is 9.75. The van der Waals surface area contributed by atoms with Crippen molar-refractivity contribution >= 4 is 11.8 Å². The van der Waals surface area contributed by atoms with Gasteiger partial charge in [-0.15, -0.1) is 0 Å². The first-order valence-electron chi connectivity index (χ1n) is 5.73. The molecule has 1 N–H and O–H groups in total. The van der Waals surface area contributed by atoms with Gasteiger partial charge in [-0.25, -0.2) is 0 Å². The SMILES string of the molecule is CCC1NC(=O)CN(C(CC)CC)C1=O. The van der Waals surface area contributed by atoms with Gasteiger partial charge in [0.25, 0.3) is 0 Å². The molecule has 1 rings (SSSR count). The predicted molar refractivity (Wildman–Crippen MR) is 58.3 cm³/mol. The lowest BCUT2D eigenvalue weighted by Gasteiger charge is -2.37. The van der Waals surface area contributed by atoms with Gasteiger partial charge in [0, 0.05) is 6.04 Å². The van der Waals surface area contributed by atoms with Crippen molar-refractivity contribution in [2.24, 2.45) is 0 Å². The topological polar surface area (TPSA) is 49.4 Å². The van der Waals surface area contributed by atoms with Crippen LogP contribution in [0.2, 0.25) is 0 Å². The highest BCUT2D eigenvalue weighted by Gasteiger charge is 2.34. The summed E-state index contributed by atoms with van der Waals surface area (Å²) in [5.74, 6) is 0.0409. The maximum atomic E-state index is 12.0. The van der Waals surface area contributed by atoms with E-state index in [1.807, 2.05) is 6.92 Å². The lowest BCUT2D eigenvalue weighted by atomic mass is 10.1. The van der Waals surface area contributed by atoms with E-state index in [1.54, 1.807) is 4.90 Å². The molecule has 1 unspecified atom stereocenters. The average molecular weight is 212 g/mol. The van der Waals surface area contributed by atoms with Crippen LogP contribution >= 0.6 is 0 Å². The van der Waals surface area contributed by atoms with Gasteiger partial charge >= 0.3 is 0 Å². The lowest BCUT2D eigenvalue weighted by molar-refractivity contribution is -0.146. The first-order chi connectivity index (χ1) is 7.13. The normalized spacial score (nSPS) is 22.1. The van der Waals surface area contributed by atoms with Crippen LogP contribution < -0.4 is 5.32 Å². The highest BCUT2D eigenvalue weighted by Crippen LogP contribution is 2.14. The van der Waals surface area contributed by atoms with Crippen molar-refractivity contribution in [1.29, 1.82) is 0 Å². The Morgan fingerprint density at radius 1 is 1.33 bits per heavy atom. The summed E-state index contributed by atoms with van der Waals surface area (Å²) in [5, 5.41) is 2.72. The Kier molecular flexibility index (Phi) is 4.12. The number of carbonyl (C=O) groups is 2. The number of carbonyl (C=O) groups excluding carboxylic acids is 2. The Bertz CT molecular complexity index is 249. The number of piperazine rings is 1. The fraction of sp³-hybridized carbons (Fsp3) is 0.818. The van der Waals surface area contributed by atoms with Crippen molar-refractivity contribution in [1.82, 2.24) is 10.2 Å². The molecule has 0 spiro atoms. The van der Waals surface area contributed by atoms with Gasteiger partial charge in [-0.3, -0.25) is 9.59 Å². The molecule has 0 radical (unpaired) electrons. The number of nitrogens with one attached hydrogen (secondary N) is 1. The number of amides is 2. The molecule has 1 fully saturated rings. The fourth-order valence-corrected chi connectivity index (χ4v) is 2.05. The highest BCUT2D eigenvalue weighted by molar-refractivity contribution is 5.94. The van der Waals surface area contributed by atoms with Crippen molar-refractivity contribution in [3.8, 4) is 0 Å². The lowest BCUT2D eigenvalue weighted by Crippen LogP contribution is -2.60. The molecule has 0 saturated carbocycles. The van der Waals surface area contributed by atoms with Crippen LogP contribution in [0.5, 0.6) is 0 Å². The summed E-state index contributed by atoms with van der Waals surface area (Å²) in [6.45, 7) is 6.24. The fourth-order valence-electron chi connectivity index (χ4n) is 2.05. The molecule has 0 aromatic rings. The first kappa shape index (κ1) is 12.0. The van der Waals surface area contributed by atoms with Crippen LogP contribution in [0.3, 0.4) is 0 Å². The standard InChI is InChI=1S/C11H20N2O2/c1-4-8(5-2)13-7-10(14)12-9(6-3)11(13)15/h8-9H,4-7H2,1-3H3,(H,12,14). The van der Waals surface area contributed by atoms with Crippen LogP contribution in [-0.2, 0) is 9.59 Å². The molecule has 0 aliphatic carbocycles. The van der Waals surface area contributed by atoms with Crippen molar-refractivity contribution in [2.45, 2.75) is 52.1 Å². The maximum absolute atomic E-state index is 12.0. The van der Waals surface area contributed by atoms with Gasteiger partial charge in [0.15, 0.2) is 0 Å². The van der Waals surface area contributed by atoms with E-state index in [4.69, 9.17) is 0 Å². The molecule has 1 atom stereocenters. The summed E-state index contributed by atoms with van der Waals surface area (Å²) < 4.78 is 0. The van der Waals surface area contributed by atoms with Gasteiger partial charge in [-0.2, -0.15) is 0 Å². The molecule has 0 bridgehead atoms. The van der Waals surface area contributed by atoms with E-state index < -0.39 is 0 Å². The van der Waals surface area contributed by atoms with Gasteiger partial charge in [0.2, 0.25) is 11.8 Å². The van der Waals surface area contributed by atoms with Crippen LogP contribution in [0.1, 0.15) is 40.0 Å². The summed E-state index contributed by atoms with van der Waals surface area (Å²) in [6.07, 6.45) is 2.49. The number of nitrogens with zero attached hydrogens (tertiary/aromatic N) is 1. The average Bonchev–Trinajstić information content (AvgIpc) is 2.24. The molecule has 0 aromatic carbocycles. The molecule has 4 heteroatoms. The molecule has 1 aliphatic rings. The van der Waals surface area contributed by atoms with Crippen molar-refractivity contribution in [3.05, 3.63) is 0 Å². The van der Waals surface area contributed by atoms with Gasteiger partial charge < -0.3 is 10.2 Å². The van der Waals surface area contributed by atoms with Gasteiger partial charge in [0.05, 0.1) is 6.54 Å². The molecule has 1 heterocycles. The Labute approximate surface area is 91.0 Å². The third-order valence-corrected chi connectivity index (χ3v) is 3.02. The second-order valence-corrected chi connectivity index (χ2v) is 3.96. The van der Waals surface area contributed by atoms with Crippen LogP contribution in [-0.4, -0.2) is 35.3 Å². The monoisotopic (exact) mass is 212 g/mol. The quantitative estimate of drug-likeness (QED) is 0.753. The number of rotatable bonds is 4. The summed E-state index contributed by atoms with van der Waals surface area (Å²) in [5.41, 5.74) is 0. The predicted octanol–water partition coefficient (Wildman–Crippen LogP) is 0.912. The maximum Gasteiger partial charge on any atom is 0.245 e. The smallest absolute Gasteiger partial charge is 0.245 e. The van der Waals surface area contributed by atoms with Crippen LogP contribution in [0.4, 0.5) is 0 Å². The molecular formula is C11H20N2O2. The minimum Gasteiger partial charge on any atom is -0.343 e. The van der Waals surface area contributed by atoms with E-state index in [0.29, 0.717) is 6.42 Å². The van der Waals surface area contributed by atoms with Gasteiger partial charge in [-0.1, -0.05) is 20.8 Å². The minimum atomic E-state index is -0.313. The van der Waals surface area contributed by atoms with Crippen LogP contribution in [0.15, 0.2) is 0 Å². The largest absolute Gasteiger partial charge is 0.343 e. The zero-order valence-electron chi connectivity index (χ0n) is 9.75. The Hall–Kier alpha value is -1.06. The molecule has 0 aromatic heterocycles. The Morgan fingerprint density at radius 2 is 1.93 bits per heavy atom. The Morgan fingerprint density at radius 3 is 2.40 bits per heavy atom. The van der Waals surface area contributed by atoms with E-state index in [-0.39, 0.29) is 30.4 Å². The highest BCUT2D eigenvalue weighted by atomic mass is 16.2. The first-order valence-corrected chi connectivity index (χ1v) is 5.73. The Balaban J connectivity index is 2.77. The van der Waals surface area contributed by atoms with Crippen molar-refractivity contribution < 1.29 is 9.59 Å². The van der Waals surface area contributed by atoms with E-state index in [9.17, 15) is 9.59 Å². The second-order valence-electron chi connectivity index (χ2n) is 3.96. The minimum absolute atomic E-state index is 0.0339. The summed E-state index contributed by atoms with van der Waals surface area (Å²) in [7, 11) is 0. The van der Waals surface area contributed by atoms with E-state index in [2.05, 4.69) is 19.2 Å². The van der Waals surface area contributed by atoms with Crippen molar-refractivity contribution in [3.63, 3.8) is 0 Å². The van der Waals surface area contributed by atoms with Crippen LogP contribution in [0, 0.1) is 0 Å². The molecule has 15 heavy (non-hydrogen) atoms. The van der Waals surface area contributed by atoms with Crippen LogP contribution in [0.25, 0.3) is 0 Å². The summed E-state index contributed by atoms with van der Waals surface area (Å²) >= 11 is 0. The molecule has 1 saturated heterocycles. The third-order valence-electron chi connectivity index (χ3n) is 3.02. The van der Waals surface area contributed by atoms with Gasteiger partial charge in [0.1, 0.15) is 6.04 Å². The summed E-state index contributed by atoms with van der Waals surface area (Å²) in [4.78, 5) is 25.1. The molecule has 1 aliphatic heterocycles. The van der Waals surface area contributed by atoms with Crippen molar-refractivity contribution in [2.75, 3.05) is 6.54 Å². The molecule has 4 nitrogen and oxygen atoms in total. The number of hydrogen-bond acceptors (Lipinski definition) is 2.